The second kappa shape index (κ2) is 15.7. The van der Waals surface area contributed by atoms with Crippen molar-refractivity contribution in [2.24, 2.45) is 0 Å². The number of carbonyl (C=O) groups is 2. The van der Waals surface area contributed by atoms with Crippen LogP contribution in [0.3, 0.4) is 0 Å². The van der Waals surface area contributed by atoms with Crippen LogP contribution in [0.5, 0.6) is 5.75 Å². The molecule has 0 spiro atoms. The van der Waals surface area contributed by atoms with E-state index in [1.165, 1.54) is 4.90 Å². The quantitative estimate of drug-likeness (QED) is 0.168. The lowest BCUT2D eigenvalue weighted by molar-refractivity contribution is -0.355. The van der Waals surface area contributed by atoms with Gasteiger partial charge in [0.05, 0.1) is 6.54 Å². The number of amides is 2. The van der Waals surface area contributed by atoms with Crippen molar-refractivity contribution < 1.29 is 54.9 Å². The summed E-state index contributed by atoms with van der Waals surface area (Å²) >= 11 is 0. The summed E-state index contributed by atoms with van der Waals surface area (Å²) in [6.07, 6.45) is -8.36. The topological polar surface area (TPSA) is 88.1 Å². The number of carbonyl (C=O) groups excluding carboxylic acids is 1. The molecule has 0 saturated heterocycles. The number of hydrogen-bond donors (Lipinski definition) is 2. The molecule has 2 amide bonds. The molecule has 2 N–H and O–H groups in total. The van der Waals surface area contributed by atoms with Crippen molar-refractivity contribution >= 4 is 12.0 Å². The van der Waals surface area contributed by atoms with Gasteiger partial charge in [-0.2, -0.15) is 30.7 Å². The van der Waals surface area contributed by atoms with E-state index in [1.807, 2.05) is 6.92 Å². The van der Waals surface area contributed by atoms with Gasteiger partial charge in [0, 0.05) is 32.5 Å². The molecule has 0 radical (unpaired) electrons. The zero-order chi connectivity index (χ0) is 29.7. The Bertz CT molecular complexity index is 883. The van der Waals surface area contributed by atoms with Gasteiger partial charge in [0.2, 0.25) is 0 Å². The number of halogens is 7. The van der Waals surface area contributed by atoms with Gasteiger partial charge in [-0.25, -0.2) is 9.59 Å². The van der Waals surface area contributed by atoms with E-state index in [0.29, 0.717) is 24.3 Å². The first kappa shape index (κ1) is 34.3. The molecule has 1 rings (SSSR count). The molecular formula is C25H35F7N2O5. The highest BCUT2D eigenvalue weighted by molar-refractivity contribution is 5.74. The Kier molecular flexibility index (Phi) is 13.8. The van der Waals surface area contributed by atoms with E-state index < -0.39 is 49.0 Å². The lowest BCUT2D eigenvalue weighted by Gasteiger charge is -2.28. The zero-order valence-corrected chi connectivity index (χ0v) is 21.8. The molecule has 7 nitrogen and oxygen atoms in total. The number of nitrogens with one attached hydrogen (secondary N) is 1. The number of alkyl halides is 7. The molecule has 0 fully saturated rings. The third-order valence-corrected chi connectivity index (χ3v) is 5.70. The number of nitrogens with zero attached hydrogens (tertiary/aromatic N) is 1. The van der Waals surface area contributed by atoms with Gasteiger partial charge in [-0.3, -0.25) is 0 Å². The summed E-state index contributed by atoms with van der Waals surface area (Å²) < 4.78 is 101. The summed E-state index contributed by atoms with van der Waals surface area (Å²) in [5.74, 6) is -12.1. The minimum atomic E-state index is -6.38. The molecule has 1 aromatic rings. The van der Waals surface area contributed by atoms with Gasteiger partial charge < -0.3 is 24.8 Å². The summed E-state index contributed by atoms with van der Waals surface area (Å²) in [5.41, 5.74) is 0.688. The fourth-order valence-corrected chi connectivity index (χ4v) is 3.44. The number of carboxylic acid groups (broad SMARTS) is 1. The highest BCUT2D eigenvalue weighted by Gasteiger charge is 2.72. The number of hydrogen-bond acceptors (Lipinski definition) is 4. The minimum Gasteiger partial charge on any atom is -0.492 e. The van der Waals surface area contributed by atoms with Crippen LogP contribution in [0.25, 0.3) is 0 Å². The van der Waals surface area contributed by atoms with Crippen LogP contribution in [0.1, 0.15) is 51.5 Å². The van der Waals surface area contributed by atoms with Crippen molar-refractivity contribution in [1.82, 2.24) is 10.2 Å². The molecule has 0 aliphatic carbocycles. The highest BCUT2D eigenvalue weighted by Crippen LogP contribution is 2.48. The van der Waals surface area contributed by atoms with Gasteiger partial charge >= 0.3 is 30.0 Å². The molecule has 1 atom stereocenters. The molecule has 224 valence electrons. The third kappa shape index (κ3) is 11.1. The van der Waals surface area contributed by atoms with Gasteiger partial charge in [0.1, 0.15) is 12.4 Å². The second-order valence-electron chi connectivity index (χ2n) is 8.78. The number of benzene rings is 1. The van der Waals surface area contributed by atoms with E-state index >= 15 is 0 Å². The monoisotopic (exact) mass is 576 g/mol. The summed E-state index contributed by atoms with van der Waals surface area (Å²) in [6.45, 7) is 3.95. The van der Waals surface area contributed by atoms with Crippen LogP contribution in [0.2, 0.25) is 0 Å². The molecular weight excluding hydrogens is 541 g/mol. The van der Waals surface area contributed by atoms with E-state index in [2.05, 4.69) is 5.32 Å². The van der Waals surface area contributed by atoms with Gasteiger partial charge in [0.15, 0.2) is 6.10 Å². The SMILES string of the molecule is CCCCNC(=O)N(CCCCC(F)(F)C(F)(F)C(F)(F)F)CCOc1ccc(CC(OCC)C(=O)O)cc1. The van der Waals surface area contributed by atoms with Gasteiger partial charge in [0.25, 0.3) is 0 Å². The molecule has 0 aromatic heterocycles. The van der Waals surface area contributed by atoms with Crippen LogP contribution in [0, 0.1) is 0 Å². The van der Waals surface area contributed by atoms with Crippen LogP contribution in [-0.2, 0) is 16.0 Å². The van der Waals surface area contributed by atoms with E-state index in [1.54, 1.807) is 31.2 Å². The summed E-state index contributed by atoms with van der Waals surface area (Å²) in [4.78, 5) is 24.9. The number of unbranched alkanes of at least 4 members (excludes halogenated alkanes) is 2. The number of ether oxygens (including phenoxy) is 2. The maximum Gasteiger partial charge on any atom is 0.459 e. The first-order valence-electron chi connectivity index (χ1n) is 12.6. The van der Waals surface area contributed by atoms with Crippen molar-refractivity contribution in [3.8, 4) is 5.75 Å². The fraction of sp³-hybridized carbons (Fsp3) is 0.680. The molecule has 14 heteroatoms. The number of urea groups is 1. The van der Waals surface area contributed by atoms with Crippen LogP contribution in [0.4, 0.5) is 35.5 Å². The zero-order valence-electron chi connectivity index (χ0n) is 21.8. The molecule has 0 aliphatic rings. The van der Waals surface area contributed by atoms with Crippen molar-refractivity contribution in [3.05, 3.63) is 29.8 Å². The normalized spacial score (nSPS) is 13.2. The highest BCUT2D eigenvalue weighted by atomic mass is 19.4. The standard InChI is InChI=1S/C25H35F7N2O5/c1-3-5-13-33-22(37)34(14-7-6-12-23(26,27)24(28,29)25(30,31)32)15-16-39-19-10-8-18(9-11-19)17-20(21(35)36)38-4-2/h8-11,20H,3-7,12-17H2,1-2H3,(H,33,37)(H,35,36). The number of rotatable bonds is 18. The summed E-state index contributed by atoms with van der Waals surface area (Å²) in [7, 11) is 0. The average Bonchev–Trinajstić information content (AvgIpc) is 2.85. The Morgan fingerprint density at radius 3 is 2.15 bits per heavy atom. The first-order chi connectivity index (χ1) is 18.2. The Labute approximate surface area is 222 Å². The summed E-state index contributed by atoms with van der Waals surface area (Å²) in [6, 6.07) is 5.93. The first-order valence-corrected chi connectivity index (χ1v) is 12.6. The van der Waals surface area contributed by atoms with Crippen LogP contribution < -0.4 is 10.1 Å². The van der Waals surface area contributed by atoms with E-state index in [9.17, 15) is 45.4 Å². The van der Waals surface area contributed by atoms with Crippen molar-refractivity contribution in [2.45, 2.75) is 76.5 Å². The van der Waals surface area contributed by atoms with Crippen molar-refractivity contribution in [3.63, 3.8) is 0 Å². The second-order valence-corrected chi connectivity index (χ2v) is 8.78. The van der Waals surface area contributed by atoms with Gasteiger partial charge in [-0.05, 0) is 43.9 Å². The fourth-order valence-electron chi connectivity index (χ4n) is 3.44. The lowest BCUT2D eigenvalue weighted by Crippen LogP contribution is -2.51. The molecule has 1 unspecified atom stereocenters. The molecule has 0 bridgehead atoms. The Morgan fingerprint density at radius 2 is 1.62 bits per heavy atom. The van der Waals surface area contributed by atoms with Gasteiger partial charge in [-0.15, -0.1) is 0 Å². The smallest absolute Gasteiger partial charge is 0.459 e. The molecule has 0 aliphatic heterocycles. The predicted octanol–water partition coefficient (Wildman–Crippen LogP) is 5.91. The van der Waals surface area contributed by atoms with Gasteiger partial charge in [-0.1, -0.05) is 25.5 Å². The maximum absolute atomic E-state index is 13.5. The van der Waals surface area contributed by atoms with Crippen LogP contribution in [-0.4, -0.2) is 79.0 Å². The molecule has 0 heterocycles. The van der Waals surface area contributed by atoms with E-state index in [0.717, 1.165) is 6.42 Å². The third-order valence-electron chi connectivity index (χ3n) is 5.70. The van der Waals surface area contributed by atoms with Crippen molar-refractivity contribution in [1.29, 1.82) is 0 Å². The average molecular weight is 577 g/mol. The summed E-state index contributed by atoms with van der Waals surface area (Å²) in [5, 5.41) is 11.8. The molecule has 0 saturated carbocycles. The Morgan fingerprint density at radius 1 is 0.974 bits per heavy atom. The van der Waals surface area contributed by atoms with E-state index in [-0.39, 0.29) is 39.1 Å². The molecule has 39 heavy (non-hydrogen) atoms. The Hall–Kier alpha value is -2.77. The minimum absolute atomic E-state index is 0.0136. The number of aliphatic carboxylic acids is 1. The van der Waals surface area contributed by atoms with Crippen molar-refractivity contribution in [2.75, 3.05) is 32.8 Å². The Balaban J connectivity index is 2.68. The predicted molar refractivity (Wildman–Crippen MR) is 128 cm³/mol. The number of carboxylic acids is 1. The lowest BCUT2D eigenvalue weighted by atomic mass is 10.0. The maximum atomic E-state index is 13.5. The van der Waals surface area contributed by atoms with E-state index in [4.69, 9.17) is 9.47 Å². The largest absolute Gasteiger partial charge is 0.492 e. The molecule has 1 aromatic carbocycles. The van der Waals surface area contributed by atoms with Crippen LogP contribution >= 0.6 is 0 Å². The van der Waals surface area contributed by atoms with Crippen LogP contribution in [0.15, 0.2) is 24.3 Å².